The summed E-state index contributed by atoms with van der Waals surface area (Å²) in [6, 6.07) is 1.97. The van der Waals surface area contributed by atoms with Crippen LogP contribution < -0.4 is 10.6 Å². The Kier molecular flexibility index (Phi) is 9.17. The smallest absolute Gasteiger partial charge is 0.191 e. The molecule has 1 aromatic rings. The van der Waals surface area contributed by atoms with Crippen molar-refractivity contribution in [3.8, 4) is 0 Å². The van der Waals surface area contributed by atoms with E-state index in [4.69, 9.17) is 4.74 Å². The average molecular weight is 312 g/mol. The van der Waals surface area contributed by atoms with Crippen LogP contribution in [0.4, 0.5) is 11.6 Å². The molecule has 6 heteroatoms. The Balaban J connectivity index is 2.39. The lowest BCUT2D eigenvalue weighted by Crippen LogP contribution is -2.09. The summed E-state index contributed by atoms with van der Waals surface area (Å²) in [7, 11) is 0. The van der Waals surface area contributed by atoms with E-state index < -0.39 is 0 Å². The SMILES string of the molecule is CCCNc1cc(NCCCCOC(C)C)nc(SC)n1. The van der Waals surface area contributed by atoms with Crippen LogP contribution >= 0.6 is 11.8 Å². The van der Waals surface area contributed by atoms with Crippen LogP contribution in [-0.2, 0) is 4.74 Å². The van der Waals surface area contributed by atoms with E-state index in [2.05, 4.69) is 41.4 Å². The van der Waals surface area contributed by atoms with Gasteiger partial charge in [0.25, 0.3) is 0 Å². The highest BCUT2D eigenvalue weighted by molar-refractivity contribution is 7.98. The molecule has 1 aromatic heterocycles. The molecule has 21 heavy (non-hydrogen) atoms. The van der Waals surface area contributed by atoms with Gasteiger partial charge in [-0.1, -0.05) is 18.7 Å². The monoisotopic (exact) mass is 312 g/mol. The van der Waals surface area contributed by atoms with Crippen LogP contribution in [0.1, 0.15) is 40.0 Å². The topological polar surface area (TPSA) is 59.1 Å². The predicted octanol–water partition coefficient (Wildman–Crippen LogP) is 3.64. The molecule has 120 valence electrons. The minimum absolute atomic E-state index is 0.316. The van der Waals surface area contributed by atoms with Crippen LogP contribution in [0.25, 0.3) is 0 Å². The molecule has 2 N–H and O–H groups in total. The first-order chi connectivity index (χ1) is 10.2. The Morgan fingerprint density at radius 2 is 1.81 bits per heavy atom. The Morgan fingerprint density at radius 1 is 1.14 bits per heavy atom. The van der Waals surface area contributed by atoms with Gasteiger partial charge in [-0.3, -0.25) is 0 Å². The van der Waals surface area contributed by atoms with Crippen LogP contribution in [0.3, 0.4) is 0 Å². The Bertz CT molecular complexity index is 401. The minimum Gasteiger partial charge on any atom is -0.379 e. The number of unbranched alkanes of at least 4 members (excludes halogenated alkanes) is 1. The molecule has 1 heterocycles. The molecule has 1 rings (SSSR count). The van der Waals surface area contributed by atoms with Crippen LogP contribution in [0.2, 0.25) is 0 Å². The molecule has 0 amide bonds. The number of ether oxygens (including phenoxy) is 1. The third kappa shape index (κ3) is 8.12. The molecule has 0 spiro atoms. The van der Waals surface area contributed by atoms with E-state index in [1.54, 1.807) is 11.8 Å². The van der Waals surface area contributed by atoms with Crippen molar-refractivity contribution in [3.05, 3.63) is 6.07 Å². The van der Waals surface area contributed by atoms with Gasteiger partial charge in [0.15, 0.2) is 5.16 Å². The molecule has 0 aliphatic heterocycles. The second kappa shape index (κ2) is 10.7. The number of nitrogens with one attached hydrogen (secondary N) is 2. The molecular formula is C15H28N4OS. The fourth-order valence-corrected chi connectivity index (χ4v) is 2.09. The zero-order valence-electron chi connectivity index (χ0n) is 13.6. The largest absolute Gasteiger partial charge is 0.379 e. The lowest BCUT2D eigenvalue weighted by atomic mass is 10.3. The van der Waals surface area contributed by atoms with E-state index in [0.29, 0.717) is 6.10 Å². The van der Waals surface area contributed by atoms with Crippen molar-refractivity contribution < 1.29 is 4.74 Å². The highest BCUT2D eigenvalue weighted by Gasteiger charge is 2.03. The van der Waals surface area contributed by atoms with E-state index >= 15 is 0 Å². The summed E-state index contributed by atoms with van der Waals surface area (Å²) in [5, 5.41) is 7.47. The molecule has 0 unspecified atom stereocenters. The molecule has 0 saturated heterocycles. The zero-order valence-corrected chi connectivity index (χ0v) is 14.4. The van der Waals surface area contributed by atoms with Crippen LogP contribution in [0.5, 0.6) is 0 Å². The highest BCUT2D eigenvalue weighted by atomic mass is 32.2. The fraction of sp³-hybridized carbons (Fsp3) is 0.733. The van der Waals surface area contributed by atoms with E-state index in [-0.39, 0.29) is 0 Å². The first-order valence-electron chi connectivity index (χ1n) is 7.68. The van der Waals surface area contributed by atoms with Gasteiger partial charge in [0, 0.05) is 25.8 Å². The number of hydrogen-bond donors (Lipinski definition) is 2. The molecule has 0 aliphatic carbocycles. The van der Waals surface area contributed by atoms with Crippen LogP contribution in [0, 0.1) is 0 Å². The second-order valence-electron chi connectivity index (χ2n) is 5.11. The quantitative estimate of drug-likeness (QED) is 0.369. The summed E-state index contributed by atoms with van der Waals surface area (Å²) in [4.78, 5) is 8.92. The van der Waals surface area contributed by atoms with Gasteiger partial charge in [0.2, 0.25) is 0 Å². The Hall–Kier alpha value is -1.01. The summed E-state index contributed by atoms with van der Waals surface area (Å²) in [5.41, 5.74) is 0. The van der Waals surface area contributed by atoms with E-state index in [9.17, 15) is 0 Å². The lowest BCUT2D eigenvalue weighted by Gasteiger charge is -2.11. The third-order valence-corrected chi connectivity index (χ3v) is 3.32. The van der Waals surface area contributed by atoms with Gasteiger partial charge >= 0.3 is 0 Å². The van der Waals surface area contributed by atoms with Crippen LogP contribution in [0.15, 0.2) is 11.2 Å². The second-order valence-corrected chi connectivity index (χ2v) is 5.88. The molecule has 0 bridgehead atoms. The molecule has 0 aliphatic rings. The van der Waals surface area contributed by atoms with Crippen molar-refractivity contribution in [3.63, 3.8) is 0 Å². The number of nitrogens with zero attached hydrogens (tertiary/aromatic N) is 2. The van der Waals surface area contributed by atoms with Crippen molar-refractivity contribution in [1.82, 2.24) is 9.97 Å². The van der Waals surface area contributed by atoms with Crippen molar-refractivity contribution in [1.29, 1.82) is 0 Å². The first-order valence-corrected chi connectivity index (χ1v) is 8.90. The third-order valence-electron chi connectivity index (χ3n) is 2.77. The molecule has 0 aromatic carbocycles. The van der Waals surface area contributed by atoms with Gasteiger partial charge in [-0.15, -0.1) is 0 Å². The van der Waals surface area contributed by atoms with Crippen molar-refractivity contribution >= 4 is 23.4 Å². The molecule has 0 saturated carbocycles. The van der Waals surface area contributed by atoms with Gasteiger partial charge < -0.3 is 15.4 Å². The Labute approximate surface area is 132 Å². The fourth-order valence-electron chi connectivity index (χ4n) is 1.71. The molecule has 0 fully saturated rings. The average Bonchev–Trinajstić information content (AvgIpc) is 2.48. The van der Waals surface area contributed by atoms with E-state index in [0.717, 1.165) is 55.8 Å². The lowest BCUT2D eigenvalue weighted by molar-refractivity contribution is 0.0765. The Morgan fingerprint density at radius 3 is 2.38 bits per heavy atom. The van der Waals surface area contributed by atoms with Gasteiger partial charge in [0.1, 0.15) is 11.6 Å². The van der Waals surface area contributed by atoms with E-state index in [1.807, 2.05) is 12.3 Å². The van der Waals surface area contributed by atoms with Crippen molar-refractivity contribution in [2.75, 3.05) is 36.6 Å². The van der Waals surface area contributed by atoms with Gasteiger partial charge in [-0.25, -0.2) is 9.97 Å². The number of hydrogen-bond acceptors (Lipinski definition) is 6. The minimum atomic E-state index is 0.316. The number of anilines is 2. The summed E-state index contributed by atoms with van der Waals surface area (Å²) in [5.74, 6) is 1.78. The maximum absolute atomic E-state index is 5.53. The van der Waals surface area contributed by atoms with Gasteiger partial charge in [-0.2, -0.15) is 0 Å². The van der Waals surface area contributed by atoms with Gasteiger partial charge in [-0.05, 0) is 39.4 Å². The maximum atomic E-state index is 5.53. The maximum Gasteiger partial charge on any atom is 0.191 e. The van der Waals surface area contributed by atoms with Gasteiger partial charge in [0.05, 0.1) is 6.10 Å². The highest BCUT2D eigenvalue weighted by Crippen LogP contribution is 2.17. The van der Waals surface area contributed by atoms with E-state index in [1.165, 1.54) is 0 Å². The summed E-state index contributed by atoms with van der Waals surface area (Å²) in [6.45, 7) is 8.92. The number of aromatic nitrogens is 2. The first kappa shape index (κ1) is 18.0. The predicted molar refractivity (Wildman–Crippen MR) is 91.4 cm³/mol. The normalized spacial score (nSPS) is 10.9. The van der Waals surface area contributed by atoms with Crippen molar-refractivity contribution in [2.45, 2.75) is 51.3 Å². The standard InChI is InChI=1S/C15H28N4OS/c1-5-8-16-13-11-14(19-15(18-13)21-4)17-9-6-7-10-20-12(2)3/h11-12H,5-10H2,1-4H3,(H2,16,17,18,19). The molecule has 0 atom stereocenters. The number of thioether (sulfide) groups is 1. The number of rotatable bonds is 11. The summed E-state index contributed by atoms with van der Waals surface area (Å²) < 4.78 is 5.53. The summed E-state index contributed by atoms with van der Waals surface area (Å²) in [6.07, 6.45) is 5.52. The van der Waals surface area contributed by atoms with Crippen LogP contribution in [-0.4, -0.2) is 42.0 Å². The molecular weight excluding hydrogens is 284 g/mol. The van der Waals surface area contributed by atoms with Crippen molar-refractivity contribution in [2.24, 2.45) is 0 Å². The summed E-state index contributed by atoms with van der Waals surface area (Å²) >= 11 is 1.56. The molecule has 5 nitrogen and oxygen atoms in total. The molecule has 0 radical (unpaired) electrons. The zero-order chi connectivity index (χ0) is 15.5.